The molecule has 10 aromatic carbocycles. The molecule has 20 rings (SSSR count). The Hall–Kier alpha value is -10.1. The van der Waals surface area contributed by atoms with E-state index in [1.54, 1.807) is 21.6 Å². The van der Waals surface area contributed by atoms with Gasteiger partial charge in [0.1, 0.15) is 30.8 Å². The molecule has 5 aliphatic heterocycles. The first kappa shape index (κ1) is 93.2. The molecule has 5 aromatic heterocycles. The van der Waals surface area contributed by atoms with Crippen LogP contribution in [0.25, 0.3) is 54.5 Å². The Kier molecular flexibility index (Phi) is 29.4. The molecule has 0 radical (unpaired) electrons. The largest absolute Gasteiger partial charge is 0.453 e. The minimum Gasteiger partial charge on any atom is -0.453 e. The Bertz CT molecular complexity index is 6540. The van der Waals surface area contributed by atoms with E-state index < -0.39 is 0 Å². The van der Waals surface area contributed by atoms with Crippen LogP contribution in [0.2, 0.25) is 30.1 Å². The van der Waals surface area contributed by atoms with Crippen LogP contribution in [0.15, 0.2) is 226 Å². The Morgan fingerprint density at radius 2 is 0.631 bits per heavy atom. The Balaban J connectivity index is 0.000000119. The molecule has 10 heterocycles. The normalized spacial score (nSPS) is 16.7. The SMILES string of the molecule is CC(=O)N1CCc2c([nH]c3ccc(Br)cc23)C1c1ccc(Cl)cc1.CC(C)OC(=O)N1CCc2c([nH]c3ccc(Cl)cc23)C1c1ccc(Br)cc1.CCCOC(=O)N1CCc2c([nH]c3ccc(Cl)cc23)C1c1ccc(Cl)cc1.COC(=O)N1CCc2c([nH]c3ccc(Cl)cc23)C1c1ccc(Br)cc1.Cc1ccc(C2c3[nH]c4ccc(Cl)cc4c3CCN2C(=O)OCCCl)cc1. The van der Waals surface area contributed by atoms with E-state index in [1.807, 2.05) is 213 Å². The van der Waals surface area contributed by atoms with Gasteiger partial charge in [-0.1, -0.05) is 203 Å². The number of nitrogens with zero attached hydrogens (tertiary/aromatic N) is 5. The molecule has 19 nitrogen and oxygen atoms in total. The molecule has 5 amide bonds. The number of alkyl halides is 1. The van der Waals surface area contributed by atoms with Crippen molar-refractivity contribution in [1.82, 2.24) is 49.4 Å². The molecule has 5 N–H and O–H groups in total. The van der Waals surface area contributed by atoms with Crippen molar-refractivity contribution in [2.24, 2.45) is 0 Å². The summed E-state index contributed by atoms with van der Waals surface area (Å²) in [5.74, 6) is 0.366. The first-order valence-corrected chi connectivity index (χ1v) is 48.0. The quantitative estimate of drug-likeness (QED) is 0.0649. The molecule has 670 valence electrons. The summed E-state index contributed by atoms with van der Waals surface area (Å²) in [4.78, 5) is 89.4. The minimum atomic E-state index is -0.344. The van der Waals surface area contributed by atoms with E-state index in [-0.39, 0.29) is 79.1 Å². The lowest BCUT2D eigenvalue weighted by Gasteiger charge is -2.35. The maximum atomic E-state index is 12.8. The number of aryl methyl sites for hydroxylation is 1. The molecule has 0 bridgehead atoms. The lowest BCUT2D eigenvalue weighted by molar-refractivity contribution is -0.130. The number of rotatable bonds is 10. The summed E-state index contributed by atoms with van der Waals surface area (Å²) in [6, 6.07) is 68.3. The molecule has 0 fully saturated rings. The minimum absolute atomic E-state index is 0.0837. The molecule has 0 saturated heterocycles. The standard InChI is InChI=1S/C21H20BrClN2O2.2C21H20Cl2N2O2.C19H16BrClN2O2.C19H16BrClN2O/c1-12(2)27-21(26)25-10-9-16-17-11-15(23)7-8-18(17)24-19(16)20(25)13-3-5-14(22)6-4-13;1-13-2-4-14(5-3-13)20-19-16(8-10-25(20)21(26)27-11-9-22)17-12-15(23)6-7-18(17)24-19;1-2-11-27-21(26)25-10-9-16-17-12-15(23)7-8-18(17)24-19(16)20(25)13-3-5-14(22)6-4-13;1-25-19(24)23-9-8-14-15-10-13(21)6-7-16(15)22-17(14)18(23)11-2-4-12(20)5-3-11;1-11(24)23-9-8-15-16-10-13(20)4-7-17(16)22-18(15)19(23)12-2-5-14(21)6-3-12/h3-8,11-12,20,24H,9-10H2,1-2H3;2-7,12,20,24H,8-11H2,1H3;3-8,12,20,24H,2,9-11H2,1H3;2-7,10,18,22H,8-9H2,1H3;2-7,10,19,22H,8-9H2,1H3. The number of carbonyl (C=O) groups is 5. The number of benzene rings is 10. The molecule has 5 aliphatic rings. The Labute approximate surface area is 812 Å². The lowest BCUT2D eigenvalue weighted by atomic mass is 9.92. The highest BCUT2D eigenvalue weighted by Crippen LogP contribution is 2.47. The van der Waals surface area contributed by atoms with Crippen molar-refractivity contribution in [3.05, 3.63) is 346 Å². The van der Waals surface area contributed by atoms with Gasteiger partial charge in [-0.05, 0) is 254 Å². The van der Waals surface area contributed by atoms with Gasteiger partial charge in [-0.25, -0.2) is 19.2 Å². The van der Waals surface area contributed by atoms with Gasteiger partial charge in [-0.3, -0.25) is 24.4 Å². The number of amides is 5. The Morgan fingerprint density at radius 1 is 0.362 bits per heavy atom. The number of aromatic amines is 5. The van der Waals surface area contributed by atoms with Crippen molar-refractivity contribution in [3.8, 4) is 0 Å². The third-order valence-electron chi connectivity index (χ3n) is 24.2. The number of fused-ring (bicyclic) bond motifs is 15. The number of methoxy groups -OCH3 is 1. The number of aromatic nitrogens is 5. The van der Waals surface area contributed by atoms with Crippen molar-refractivity contribution in [2.45, 2.75) is 109 Å². The molecule has 130 heavy (non-hydrogen) atoms. The van der Waals surface area contributed by atoms with Gasteiger partial charge in [0, 0.05) is 166 Å². The van der Waals surface area contributed by atoms with Gasteiger partial charge in [0.25, 0.3) is 0 Å². The number of carbonyl (C=O) groups excluding carboxylic acids is 5. The van der Waals surface area contributed by atoms with Gasteiger partial charge in [0.15, 0.2) is 0 Å². The predicted octanol–water partition coefficient (Wildman–Crippen LogP) is 27.9. The maximum absolute atomic E-state index is 12.8. The summed E-state index contributed by atoms with van der Waals surface area (Å²) in [5.41, 5.74) is 22.9. The highest BCUT2D eigenvalue weighted by molar-refractivity contribution is 9.11. The van der Waals surface area contributed by atoms with Crippen LogP contribution in [0.3, 0.4) is 0 Å². The van der Waals surface area contributed by atoms with Crippen LogP contribution in [0.1, 0.15) is 154 Å². The number of halogens is 10. The second-order valence-electron chi connectivity index (χ2n) is 32.7. The topological polar surface area (TPSA) is 217 Å². The van der Waals surface area contributed by atoms with Crippen LogP contribution >= 0.6 is 129 Å². The molecular weight excluding hydrogens is 1990 g/mol. The molecule has 5 atom stereocenters. The summed E-state index contributed by atoms with van der Waals surface area (Å²) in [6.07, 6.45) is 3.25. The van der Waals surface area contributed by atoms with E-state index in [1.165, 1.54) is 45.9 Å². The van der Waals surface area contributed by atoms with Crippen molar-refractivity contribution >= 4 is 214 Å². The van der Waals surface area contributed by atoms with Crippen LogP contribution < -0.4 is 0 Å². The fraction of sp³-hybridized carbons (Fsp3) is 0.257. The van der Waals surface area contributed by atoms with E-state index in [0.717, 1.165) is 164 Å². The second kappa shape index (κ2) is 41.0. The zero-order valence-electron chi connectivity index (χ0n) is 71.8. The van der Waals surface area contributed by atoms with Crippen LogP contribution in [-0.4, -0.2) is 145 Å². The number of H-pyrrole nitrogens is 5. The van der Waals surface area contributed by atoms with Crippen LogP contribution in [0.4, 0.5) is 19.2 Å². The van der Waals surface area contributed by atoms with Crippen LogP contribution in [0.5, 0.6) is 0 Å². The van der Waals surface area contributed by atoms with Crippen molar-refractivity contribution in [1.29, 1.82) is 0 Å². The van der Waals surface area contributed by atoms with Gasteiger partial charge in [-0.2, -0.15) is 0 Å². The third-order valence-corrected chi connectivity index (χ3v) is 27.3. The second-order valence-corrected chi connectivity index (χ2v) is 38.5. The van der Waals surface area contributed by atoms with Crippen LogP contribution in [0, 0.1) is 6.92 Å². The van der Waals surface area contributed by atoms with E-state index in [9.17, 15) is 24.0 Å². The van der Waals surface area contributed by atoms with Crippen molar-refractivity contribution in [3.63, 3.8) is 0 Å². The summed E-state index contributed by atoms with van der Waals surface area (Å²) < 4.78 is 24.4. The van der Waals surface area contributed by atoms with Gasteiger partial charge in [-0.15, -0.1) is 11.6 Å². The summed E-state index contributed by atoms with van der Waals surface area (Å²) >= 11 is 53.1. The van der Waals surface area contributed by atoms with Crippen molar-refractivity contribution in [2.75, 3.05) is 58.9 Å². The molecule has 5 unspecified atom stereocenters. The summed E-state index contributed by atoms with van der Waals surface area (Å²) in [5, 5.41) is 9.89. The molecule has 15 aromatic rings. The highest BCUT2D eigenvalue weighted by Gasteiger charge is 2.41. The average molecular weight is 2080 g/mol. The summed E-state index contributed by atoms with van der Waals surface area (Å²) in [6.45, 7) is 13.1. The first-order valence-electron chi connectivity index (χ1n) is 42.8. The summed E-state index contributed by atoms with van der Waals surface area (Å²) in [7, 11) is 1.42. The number of ether oxygens (including phenoxy) is 4. The van der Waals surface area contributed by atoms with Gasteiger partial charge in [0.05, 0.1) is 31.7 Å². The van der Waals surface area contributed by atoms with E-state index >= 15 is 0 Å². The lowest BCUT2D eigenvalue weighted by Crippen LogP contribution is -2.41. The fourth-order valence-electron chi connectivity index (χ4n) is 18.4. The van der Waals surface area contributed by atoms with Gasteiger partial charge in [0.2, 0.25) is 5.91 Å². The molecule has 0 saturated carbocycles. The molecule has 29 heteroatoms. The van der Waals surface area contributed by atoms with Crippen LogP contribution in [-0.2, 0) is 55.8 Å². The monoisotopic (exact) mass is 2070 g/mol. The fourth-order valence-corrected chi connectivity index (χ4v) is 20.3. The average Bonchev–Trinajstić information content (AvgIpc) is 1.61. The maximum Gasteiger partial charge on any atom is 0.410 e. The first-order chi connectivity index (χ1) is 62.7. The number of hydrogen-bond acceptors (Lipinski definition) is 9. The molecular formula is C101H92Br3Cl7N10O9. The van der Waals surface area contributed by atoms with Gasteiger partial charge < -0.3 is 48.8 Å². The van der Waals surface area contributed by atoms with E-state index in [0.29, 0.717) is 62.9 Å². The number of nitrogens with one attached hydrogen (secondary N) is 5. The van der Waals surface area contributed by atoms with E-state index in [2.05, 4.69) is 109 Å². The zero-order valence-corrected chi connectivity index (χ0v) is 81.8. The molecule has 0 spiro atoms. The predicted molar refractivity (Wildman–Crippen MR) is 531 cm³/mol. The third kappa shape index (κ3) is 20.0. The highest BCUT2D eigenvalue weighted by atomic mass is 79.9. The van der Waals surface area contributed by atoms with Crippen molar-refractivity contribution < 1.29 is 42.9 Å². The zero-order chi connectivity index (χ0) is 91.5. The molecule has 0 aliphatic carbocycles. The number of hydrogen-bond donors (Lipinski definition) is 5. The smallest absolute Gasteiger partial charge is 0.410 e. The van der Waals surface area contributed by atoms with Gasteiger partial charge >= 0.3 is 24.4 Å². The van der Waals surface area contributed by atoms with E-state index in [4.69, 9.17) is 100 Å². The Morgan fingerprint density at radius 3 is 0.946 bits per heavy atom.